The maximum Gasteiger partial charge on any atom is 0.339 e. The van der Waals surface area contributed by atoms with Crippen LogP contribution in [0.1, 0.15) is 41.9 Å². The second-order valence-electron chi connectivity index (χ2n) is 9.92. The third-order valence-electron chi connectivity index (χ3n) is 7.28. The zero-order valence-corrected chi connectivity index (χ0v) is 23.8. The van der Waals surface area contributed by atoms with E-state index in [1.807, 2.05) is 48.5 Å². The van der Waals surface area contributed by atoms with Gasteiger partial charge in [-0.05, 0) is 59.0 Å². The first-order valence-electron chi connectivity index (χ1n) is 13.6. The van der Waals surface area contributed by atoms with Gasteiger partial charge in [-0.15, -0.1) is 0 Å². The molecule has 8 nitrogen and oxygen atoms in total. The highest BCUT2D eigenvalue weighted by molar-refractivity contribution is 7.87. The van der Waals surface area contributed by atoms with Crippen molar-refractivity contribution < 1.29 is 31.7 Å². The number of ether oxygens (including phenoxy) is 2. The Hall–Kier alpha value is -4.47. The lowest BCUT2D eigenvalue weighted by molar-refractivity contribution is -0.147. The third kappa shape index (κ3) is 6.22. The highest BCUT2D eigenvalue weighted by atomic mass is 32.2. The highest BCUT2D eigenvalue weighted by Gasteiger charge is 2.33. The predicted octanol–water partition coefficient (Wildman–Crippen LogP) is 5.17. The molecule has 2 unspecified atom stereocenters. The van der Waals surface area contributed by atoms with Gasteiger partial charge in [-0.25, -0.2) is 0 Å². The van der Waals surface area contributed by atoms with Crippen molar-refractivity contribution in [2.45, 2.75) is 36.1 Å². The topological polar surface area (TPSA) is 122 Å². The van der Waals surface area contributed by atoms with Gasteiger partial charge in [0.1, 0.15) is 23.3 Å². The fraction of sp³-hybridized carbons (Fsp3) is 0.212. The summed E-state index contributed by atoms with van der Waals surface area (Å²) < 4.78 is 41.8. The van der Waals surface area contributed by atoms with Crippen LogP contribution in [0.15, 0.2) is 108 Å². The minimum Gasteiger partial charge on any atom is -0.466 e. The highest BCUT2D eigenvalue weighted by Crippen LogP contribution is 2.44. The monoisotopic (exact) mass is 585 g/mol. The Kier molecular flexibility index (Phi) is 8.70. The molecule has 1 aliphatic carbocycles. The molecule has 0 bridgehead atoms. The van der Waals surface area contributed by atoms with Gasteiger partial charge in [0.05, 0.1) is 13.0 Å². The first-order valence-corrected chi connectivity index (χ1v) is 15.0. The first-order chi connectivity index (χ1) is 20.3. The average molecular weight is 586 g/mol. The number of rotatable bonds is 11. The molecule has 0 amide bonds. The van der Waals surface area contributed by atoms with Crippen molar-refractivity contribution in [1.82, 2.24) is 0 Å². The second kappa shape index (κ2) is 12.6. The molecule has 0 aliphatic heterocycles. The fourth-order valence-electron chi connectivity index (χ4n) is 5.28. The molecule has 216 valence electrons. The van der Waals surface area contributed by atoms with Gasteiger partial charge in [0.2, 0.25) is 0 Å². The fourth-order valence-corrected chi connectivity index (χ4v) is 6.22. The Balaban J connectivity index is 1.36. The minimum atomic E-state index is -4.11. The number of carbonyl (C=O) groups excluding carboxylic acids is 2. The van der Waals surface area contributed by atoms with Gasteiger partial charge in [-0.3, -0.25) is 9.59 Å². The molecule has 1 aliphatic rings. The van der Waals surface area contributed by atoms with Crippen LogP contribution < -0.4 is 9.92 Å². The SMILES string of the molecule is CCOC(=O)CC(c1cccc(OS(=O)(=O)c2ccccc2)c1)C(N)C(=O)OCC1c2ccccc2-c2ccccc21. The smallest absolute Gasteiger partial charge is 0.339 e. The molecule has 0 aromatic heterocycles. The summed E-state index contributed by atoms with van der Waals surface area (Å²) in [4.78, 5) is 25.9. The molecule has 4 aromatic rings. The summed E-state index contributed by atoms with van der Waals surface area (Å²) in [7, 11) is -4.11. The van der Waals surface area contributed by atoms with Crippen LogP contribution in [0.2, 0.25) is 0 Å². The van der Waals surface area contributed by atoms with E-state index >= 15 is 0 Å². The van der Waals surface area contributed by atoms with Crippen LogP contribution in [-0.2, 0) is 29.2 Å². The predicted molar refractivity (Wildman–Crippen MR) is 157 cm³/mol. The quantitative estimate of drug-likeness (QED) is 0.189. The molecule has 0 heterocycles. The van der Waals surface area contributed by atoms with E-state index in [9.17, 15) is 18.0 Å². The van der Waals surface area contributed by atoms with Crippen LogP contribution in [-0.4, -0.2) is 39.6 Å². The average Bonchev–Trinajstić information content (AvgIpc) is 3.32. The molecule has 0 saturated heterocycles. The zero-order valence-electron chi connectivity index (χ0n) is 23.0. The maximum absolute atomic E-state index is 13.4. The van der Waals surface area contributed by atoms with Crippen molar-refractivity contribution in [2.75, 3.05) is 13.2 Å². The molecular weight excluding hydrogens is 554 g/mol. The number of esters is 2. The largest absolute Gasteiger partial charge is 0.466 e. The van der Waals surface area contributed by atoms with Crippen LogP contribution in [0.25, 0.3) is 11.1 Å². The lowest BCUT2D eigenvalue weighted by Crippen LogP contribution is -2.40. The molecule has 0 spiro atoms. The number of carbonyl (C=O) groups is 2. The van der Waals surface area contributed by atoms with Gasteiger partial charge in [-0.1, -0.05) is 78.9 Å². The van der Waals surface area contributed by atoms with E-state index in [1.165, 1.54) is 24.3 Å². The molecule has 9 heteroatoms. The van der Waals surface area contributed by atoms with Crippen molar-refractivity contribution in [3.63, 3.8) is 0 Å². The Bertz CT molecular complexity index is 1640. The Morgan fingerprint density at radius 3 is 2.07 bits per heavy atom. The Labute approximate surface area is 245 Å². The standard InChI is InChI=1S/C33H31NO7S/c1-2-39-31(35)20-29(22-11-10-12-23(19-22)41-42(37,38)24-13-4-3-5-14-24)32(34)33(36)40-21-30-27-17-8-6-15-25(27)26-16-7-9-18-28(26)30/h3-19,29-30,32H,2,20-21,34H2,1H3. The summed E-state index contributed by atoms with van der Waals surface area (Å²) in [6.07, 6.45) is -0.214. The summed E-state index contributed by atoms with van der Waals surface area (Å²) >= 11 is 0. The van der Waals surface area contributed by atoms with Crippen LogP contribution in [0.3, 0.4) is 0 Å². The number of hydrogen-bond acceptors (Lipinski definition) is 8. The van der Waals surface area contributed by atoms with E-state index in [-0.39, 0.29) is 36.2 Å². The van der Waals surface area contributed by atoms with Crippen LogP contribution in [0.4, 0.5) is 0 Å². The summed E-state index contributed by atoms with van der Waals surface area (Å²) in [5, 5.41) is 0. The molecular formula is C33H31NO7S. The number of fused-ring (bicyclic) bond motifs is 3. The Morgan fingerprint density at radius 1 is 0.810 bits per heavy atom. The van der Waals surface area contributed by atoms with Gasteiger partial charge in [0.15, 0.2) is 0 Å². The summed E-state index contributed by atoms with van der Waals surface area (Å²) in [5.74, 6) is -2.23. The number of hydrogen-bond donors (Lipinski definition) is 1. The van der Waals surface area contributed by atoms with Gasteiger partial charge in [0.25, 0.3) is 0 Å². The first kappa shape index (κ1) is 29.0. The van der Waals surface area contributed by atoms with Gasteiger partial charge in [-0.2, -0.15) is 8.42 Å². The van der Waals surface area contributed by atoms with Crippen LogP contribution >= 0.6 is 0 Å². The summed E-state index contributed by atoms with van der Waals surface area (Å²) in [6.45, 7) is 1.91. The van der Waals surface area contributed by atoms with Crippen molar-refractivity contribution >= 4 is 22.1 Å². The molecule has 42 heavy (non-hydrogen) atoms. The molecule has 0 radical (unpaired) electrons. The maximum atomic E-state index is 13.4. The Morgan fingerprint density at radius 2 is 1.43 bits per heavy atom. The molecule has 0 saturated carbocycles. The normalized spacial score (nSPS) is 13.9. The van der Waals surface area contributed by atoms with E-state index in [2.05, 4.69) is 0 Å². The van der Waals surface area contributed by atoms with E-state index in [4.69, 9.17) is 19.4 Å². The van der Waals surface area contributed by atoms with E-state index < -0.39 is 34.0 Å². The lowest BCUT2D eigenvalue weighted by atomic mass is 9.88. The zero-order chi connectivity index (χ0) is 29.7. The third-order valence-corrected chi connectivity index (χ3v) is 8.54. The number of benzene rings is 4. The van der Waals surface area contributed by atoms with E-state index in [0.29, 0.717) is 5.56 Å². The van der Waals surface area contributed by atoms with Gasteiger partial charge >= 0.3 is 22.1 Å². The van der Waals surface area contributed by atoms with Crippen LogP contribution in [0, 0.1) is 0 Å². The summed E-state index contributed by atoms with van der Waals surface area (Å²) in [5.41, 5.74) is 11.2. The van der Waals surface area contributed by atoms with E-state index in [1.54, 1.807) is 37.3 Å². The van der Waals surface area contributed by atoms with Crippen molar-refractivity contribution in [3.05, 3.63) is 120 Å². The van der Waals surface area contributed by atoms with E-state index in [0.717, 1.165) is 22.3 Å². The van der Waals surface area contributed by atoms with Gasteiger partial charge in [0, 0.05) is 11.8 Å². The van der Waals surface area contributed by atoms with Gasteiger partial charge < -0.3 is 19.4 Å². The molecule has 2 atom stereocenters. The minimum absolute atomic E-state index is 0.00573. The molecule has 0 fully saturated rings. The summed E-state index contributed by atoms with van der Waals surface area (Å²) in [6, 6.07) is 28.7. The molecule has 4 aromatic carbocycles. The van der Waals surface area contributed by atoms with Crippen molar-refractivity contribution in [2.24, 2.45) is 5.73 Å². The van der Waals surface area contributed by atoms with Crippen LogP contribution in [0.5, 0.6) is 5.75 Å². The second-order valence-corrected chi connectivity index (χ2v) is 11.5. The van der Waals surface area contributed by atoms with Crippen molar-refractivity contribution in [3.8, 4) is 16.9 Å². The number of nitrogens with two attached hydrogens (primary N) is 1. The molecule has 5 rings (SSSR count). The lowest BCUT2D eigenvalue weighted by Gasteiger charge is -2.24. The van der Waals surface area contributed by atoms with Crippen molar-refractivity contribution in [1.29, 1.82) is 0 Å². The molecule has 2 N–H and O–H groups in total.